The summed E-state index contributed by atoms with van der Waals surface area (Å²) in [6, 6.07) is 7.92. The van der Waals surface area contributed by atoms with Crippen LogP contribution in [0.25, 0.3) is 0 Å². The lowest BCUT2D eigenvalue weighted by Gasteiger charge is -2.34. The zero-order valence-corrected chi connectivity index (χ0v) is 14.1. The largest absolute Gasteiger partial charge is 0.374 e. The van der Waals surface area contributed by atoms with E-state index in [1.54, 1.807) is 19.0 Å². The zero-order chi connectivity index (χ0) is 16.1. The molecule has 0 radical (unpaired) electrons. The summed E-state index contributed by atoms with van der Waals surface area (Å²) < 4.78 is 5.81. The van der Waals surface area contributed by atoms with Crippen molar-refractivity contribution >= 4 is 5.91 Å². The number of hydrogen-bond donors (Lipinski definition) is 0. The van der Waals surface area contributed by atoms with Crippen molar-refractivity contribution in [1.82, 2.24) is 14.7 Å². The molecule has 1 aromatic rings. The maximum absolute atomic E-state index is 12.0. The number of carbonyl (C=O) groups excluding carboxylic acids is 1. The summed E-state index contributed by atoms with van der Waals surface area (Å²) in [7, 11) is 7.70. The number of nitrogens with zero attached hydrogens (tertiary/aromatic N) is 3. The summed E-state index contributed by atoms with van der Waals surface area (Å²) >= 11 is 0. The van der Waals surface area contributed by atoms with Crippen molar-refractivity contribution in [2.24, 2.45) is 0 Å². The van der Waals surface area contributed by atoms with Crippen molar-refractivity contribution < 1.29 is 9.53 Å². The monoisotopic (exact) mass is 305 g/mol. The Morgan fingerprint density at radius 3 is 2.77 bits per heavy atom. The van der Waals surface area contributed by atoms with E-state index in [2.05, 4.69) is 30.0 Å². The molecular weight excluding hydrogens is 278 g/mol. The summed E-state index contributed by atoms with van der Waals surface area (Å²) in [4.78, 5) is 18.2. The van der Waals surface area contributed by atoms with E-state index in [4.69, 9.17) is 4.74 Å². The lowest BCUT2D eigenvalue weighted by Crippen LogP contribution is -2.45. The molecule has 1 amide bonds. The number of ether oxygens (including phenoxy) is 1. The first-order chi connectivity index (χ1) is 10.5. The van der Waals surface area contributed by atoms with Crippen LogP contribution in [0.15, 0.2) is 24.3 Å². The normalized spacial score (nSPS) is 19.4. The van der Waals surface area contributed by atoms with Crippen molar-refractivity contribution in [3.63, 3.8) is 0 Å². The van der Waals surface area contributed by atoms with E-state index >= 15 is 0 Å². The number of amides is 1. The number of hydrogen-bond acceptors (Lipinski definition) is 4. The van der Waals surface area contributed by atoms with Gasteiger partial charge in [-0.3, -0.25) is 9.69 Å². The number of carbonyl (C=O) groups is 1. The van der Waals surface area contributed by atoms with Gasteiger partial charge in [0, 0.05) is 45.8 Å². The summed E-state index contributed by atoms with van der Waals surface area (Å²) in [5, 5.41) is 0. The van der Waals surface area contributed by atoms with Crippen molar-refractivity contribution in [3.8, 4) is 0 Å². The van der Waals surface area contributed by atoms with Crippen LogP contribution in [0.3, 0.4) is 0 Å². The molecule has 0 bridgehead atoms. The smallest absolute Gasteiger partial charge is 0.253 e. The minimum Gasteiger partial charge on any atom is -0.374 e. The molecule has 0 aliphatic carbocycles. The van der Waals surface area contributed by atoms with E-state index in [0.29, 0.717) is 0 Å². The van der Waals surface area contributed by atoms with Gasteiger partial charge in [-0.1, -0.05) is 12.1 Å². The predicted molar refractivity (Wildman–Crippen MR) is 88.0 cm³/mol. The Hall–Kier alpha value is -1.43. The second-order valence-electron chi connectivity index (χ2n) is 6.39. The van der Waals surface area contributed by atoms with Crippen LogP contribution in [0, 0.1) is 0 Å². The Morgan fingerprint density at radius 2 is 2.09 bits per heavy atom. The zero-order valence-electron chi connectivity index (χ0n) is 14.1. The molecule has 1 heterocycles. The fraction of sp³-hybridized carbons (Fsp3) is 0.588. The maximum Gasteiger partial charge on any atom is 0.253 e. The van der Waals surface area contributed by atoms with Gasteiger partial charge in [0.05, 0.1) is 12.7 Å². The summed E-state index contributed by atoms with van der Waals surface area (Å²) in [6.07, 6.45) is 0.260. The molecule has 1 aliphatic rings. The fourth-order valence-electron chi connectivity index (χ4n) is 2.76. The number of benzene rings is 1. The molecule has 0 unspecified atom stereocenters. The number of morpholine rings is 1. The highest BCUT2D eigenvalue weighted by Gasteiger charge is 2.21. The Balaban J connectivity index is 1.98. The van der Waals surface area contributed by atoms with Crippen molar-refractivity contribution in [2.45, 2.75) is 12.6 Å². The van der Waals surface area contributed by atoms with E-state index in [9.17, 15) is 4.79 Å². The van der Waals surface area contributed by atoms with Crippen LogP contribution in [0.1, 0.15) is 15.9 Å². The third-order valence-electron chi connectivity index (χ3n) is 3.78. The Labute approximate surface area is 133 Å². The molecule has 0 N–H and O–H groups in total. The van der Waals surface area contributed by atoms with Crippen molar-refractivity contribution in [3.05, 3.63) is 35.4 Å². The molecule has 0 aromatic heterocycles. The van der Waals surface area contributed by atoms with Crippen LogP contribution in [-0.4, -0.2) is 81.1 Å². The van der Waals surface area contributed by atoms with Crippen LogP contribution in [0.5, 0.6) is 0 Å². The van der Waals surface area contributed by atoms with Crippen LogP contribution >= 0.6 is 0 Å². The highest BCUT2D eigenvalue weighted by atomic mass is 16.5. The average molecular weight is 305 g/mol. The molecule has 22 heavy (non-hydrogen) atoms. The third-order valence-corrected chi connectivity index (χ3v) is 3.78. The first kappa shape index (κ1) is 16.9. The van der Waals surface area contributed by atoms with E-state index < -0.39 is 0 Å². The summed E-state index contributed by atoms with van der Waals surface area (Å²) in [5.74, 6) is 0.0503. The second-order valence-corrected chi connectivity index (χ2v) is 6.39. The average Bonchev–Trinajstić information content (AvgIpc) is 2.46. The fourth-order valence-corrected chi connectivity index (χ4v) is 2.76. The standard InChI is InChI=1S/C17H27N3O2/c1-18(2)12-16-13-20(8-9-22-16)11-14-6-5-7-15(10-14)17(21)19(3)4/h5-7,10,16H,8-9,11-13H2,1-4H3/t16-/m1/s1. The lowest BCUT2D eigenvalue weighted by atomic mass is 10.1. The molecular formula is C17H27N3O2. The first-order valence-electron chi connectivity index (χ1n) is 7.75. The predicted octanol–water partition coefficient (Wildman–Crippen LogP) is 1.15. The molecule has 1 aromatic carbocycles. The third kappa shape index (κ3) is 4.80. The molecule has 5 heteroatoms. The quantitative estimate of drug-likeness (QED) is 0.818. The molecule has 0 saturated carbocycles. The maximum atomic E-state index is 12.0. The number of rotatable bonds is 5. The molecule has 5 nitrogen and oxygen atoms in total. The highest BCUT2D eigenvalue weighted by molar-refractivity contribution is 5.94. The summed E-state index contributed by atoms with van der Waals surface area (Å²) in [6.45, 7) is 4.45. The van der Waals surface area contributed by atoms with E-state index in [1.165, 1.54) is 5.56 Å². The van der Waals surface area contributed by atoms with Gasteiger partial charge in [0.25, 0.3) is 5.91 Å². The van der Waals surface area contributed by atoms with Crippen LogP contribution in [-0.2, 0) is 11.3 Å². The minimum atomic E-state index is 0.0503. The Bertz CT molecular complexity index is 502. The molecule has 1 fully saturated rings. The van der Waals surface area contributed by atoms with Gasteiger partial charge >= 0.3 is 0 Å². The van der Waals surface area contributed by atoms with Gasteiger partial charge in [-0.2, -0.15) is 0 Å². The lowest BCUT2D eigenvalue weighted by molar-refractivity contribution is -0.0406. The topological polar surface area (TPSA) is 36.0 Å². The SMILES string of the molecule is CN(C)C[C@@H]1CN(Cc2cccc(C(=O)N(C)C)c2)CCO1. The minimum absolute atomic E-state index is 0.0503. The van der Waals surface area contributed by atoms with Gasteiger partial charge in [-0.15, -0.1) is 0 Å². The molecule has 2 rings (SSSR count). The van der Waals surface area contributed by atoms with Crippen molar-refractivity contribution in [2.75, 3.05) is 54.4 Å². The highest BCUT2D eigenvalue weighted by Crippen LogP contribution is 2.13. The Morgan fingerprint density at radius 1 is 1.32 bits per heavy atom. The van der Waals surface area contributed by atoms with Crippen molar-refractivity contribution in [1.29, 1.82) is 0 Å². The first-order valence-corrected chi connectivity index (χ1v) is 7.75. The summed E-state index contributed by atoms with van der Waals surface area (Å²) in [5.41, 5.74) is 1.93. The number of likely N-dealkylation sites (N-methyl/N-ethyl adjacent to an activating group) is 1. The van der Waals surface area contributed by atoms with Gasteiger partial charge in [0.15, 0.2) is 0 Å². The van der Waals surface area contributed by atoms with Gasteiger partial charge in [0.2, 0.25) is 0 Å². The molecule has 1 atom stereocenters. The van der Waals surface area contributed by atoms with E-state index in [-0.39, 0.29) is 12.0 Å². The van der Waals surface area contributed by atoms with Crippen LogP contribution in [0.4, 0.5) is 0 Å². The van der Waals surface area contributed by atoms with Gasteiger partial charge in [-0.05, 0) is 31.8 Å². The molecule has 0 spiro atoms. The van der Waals surface area contributed by atoms with E-state index in [0.717, 1.165) is 38.3 Å². The van der Waals surface area contributed by atoms with Crippen LogP contribution in [0.2, 0.25) is 0 Å². The molecule has 122 valence electrons. The Kier molecular flexibility index (Phi) is 5.94. The van der Waals surface area contributed by atoms with Gasteiger partial charge in [0.1, 0.15) is 0 Å². The van der Waals surface area contributed by atoms with E-state index in [1.807, 2.05) is 18.2 Å². The molecule has 1 saturated heterocycles. The van der Waals surface area contributed by atoms with Crippen LogP contribution < -0.4 is 0 Å². The second kappa shape index (κ2) is 7.72. The molecule has 1 aliphatic heterocycles. The van der Waals surface area contributed by atoms with Gasteiger partial charge < -0.3 is 14.5 Å². The van der Waals surface area contributed by atoms with Gasteiger partial charge in [-0.25, -0.2) is 0 Å².